The maximum atomic E-state index is 12.5. The molecule has 2 amide bonds. The molecular weight excluding hydrogens is 308 g/mol. The first-order chi connectivity index (χ1) is 11.3. The van der Waals surface area contributed by atoms with Gasteiger partial charge in [-0.1, -0.05) is 6.42 Å². The summed E-state index contributed by atoms with van der Waals surface area (Å²) in [6.45, 7) is 8.30. The van der Waals surface area contributed by atoms with Crippen LogP contribution in [0.25, 0.3) is 0 Å². The van der Waals surface area contributed by atoms with Crippen molar-refractivity contribution in [2.75, 3.05) is 26.3 Å². The minimum Gasteiger partial charge on any atom is -0.444 e. The van der Waals surface area contributed by atoms with Crippen LogP contribution in [0.4, 0.5) is 4.79 Å². The third-order valence-corrected chi connectivity index (χ3v) is 4.72. The van der Waals surface area contributed by atoms with E-state index >= 15 is 0 Å². The highest BCUT2D eigenvalue weighted by Gasteiger charge is 2.33. The highest BCUT2D eigenvalue weighted by molar-refractivity contribution is 5.79. The number of carbonyl (C=O) groups excluding carboxylic acids is 2. The van der Waals surface area contributed by atoms with Crippen LogP contribution in [0.1, 0.15) is 52.9 Å². The number of alkyl carbamates (subject to hydrolysis) is 1. The Balaban J connectivity index is 1.72. The summed E-state index contributed by atoms with van der Waals surface area (Å²) in [6.07, 6.45) is 4.69. The van der Waals surface area contributed by atoms with Gasteiger partial charge in [0, 0.05) is 25.6 Å². The Morgan fingerprint density at radius 3 is 2.54 bits per heavy atom. The van der Waals surface area contributed by atoms with Crippen LogP contribution in [-0.2, 0) is 14.3 Å². The van der Waals surface area contributed by atoms with Crippen LogP contribution in [0.5, 0.6) is 0 Å². The van der Waals surface area contributed by atoms with Crippen LogP contribution < -0.4 is 10.6 Å². The van der Waals surface area contributed by atoms with Gasteiger partial charge in [0.2, 0.25) is 5.91 Å². The average molecular weight is 340 g/mol. The van der Waals surface area contributed by atoms with Gasteiger partial charge in [-0.3, -0.25) is 4.79 Å². The molecule has 0 aromatic rings. The predicted molar refractivity (Wildman–Crippen MR) is 91.6 cm³/mol. The van der Waals surface area contributed by atoms with E-state index in [1.54, 1.807) is 0 Å². The van der Waals surface area contributed by atoms with Gasteiger partial charge in [0.05, 0.1) is 6.61 Å². The third kappa shape index (κ3) is 6.30. The van der Waals surface area contributed by atoms with Crippen molar-refractivity contribution in [3.63, 3.8) is 0 Å². The van der Waals surface area contributed by atoms with Gasteiger partial charge < -0.3 is 20.1 Å². The number of rotatable bonds is 5. The molecule has 6 nitrogen and oxygen atoms in total. The van der Waals surface area contributed by atoms with E-state index in [0.717, 1.165) is 45.3 Å². The highest BCUT2D eigenvalue weighted by Crippen LogP contribution is 2.31. The van der Waals surface area contributed by atoms with Gasteiger partial charge in [-0.25, -0.2) is 4.79 Å². The molecule has 1 aliphatic carbocycles. The first-order valence-electron chi connectivity index (χ1n) is 9.17. The highest BCUT2D eigenvalue weighted by atomic mass is 16.6. The summed E-state index contributed by atoms with van der Waals surface area (Å²) < 4.78 is 10.7. The molecule has 0 aromatic carbocycles. The van der Waals surface area contributed by atoms with Crippen molar-refractivity contribution >= 4 is 12.0 Å². The lowest BCUT2D eigenvalue weighted by atomic mass is 9.94. The normalized spacial score (nSPS) is 27.5. The van der Waals surface area contributed by atoms with Crippen molar-refractivity contribution in [2.24, 2.45) is 17.8 Å². The van der Waals surface area contributed by atoms with Crippen LogP contribution in [0.2, 0.25) is 0 Å². The van der Waals surface area contributed by atoms with Crippen molar-refractivity contribution in [1.82, 2.24) is 10.6 Å². The Kier molecular flexibility index (Phi) is 6.90. The molecule has 2 fully saturated rings. The van der Waals surface area contributed by atoms with E-state index < -0.39 is 11.7 Å². The molecule has 1 aliphatic heterocycles. The molecule has 6 heteroatoms. The van der Waals surface area contributed by atoms with E-state index in [1.807, 2.05) is 20.8 Å². The Morgan fingerprint density at radius 1 is 1.08 bits per heavy atom. The fourth-order valence-electron chi connectivity index (χ4n) is 3.50. The van der Waals surface area contributed by atoms with Gasteiger partial charge in [0.1, 0.15) is 5.60 Å². The topological polar surface area (TPSA) is 76.7 Å². The molecule has 1 heterocycles. The summed E-state index contributed by atoms with van der Waals surface area (Å²) in [4.78, 5) is 24.3. The molecule has 3 atom stereocenters. The largest absolute Gasteiger partial charge is 0.444 e. The molecule has 0 bridgehead atoms. The number of ether oxygens (including phenoxy) is 2. The fraction of sp³-hybridized carbons (Fsp3) is 0.889. The maximum Gasteiger partial charge on any atom is 0.407 e. The van der Waals surface area contributed by atoms with E-state index in [2.05, 4.69) is 10.6 Å². The molecule has 0 aromatic heterocycles. The molecule has 0 radical (unpaired) electrons. The molecule has 1 saturated heterocycles. The van der Waals surface area contributed by atoms with E-state index in [9.17, 15) is 9.59 Å². The number of nitrogens with one attached hydrogen (secondary N) is 2. The second-order valence-electron chi connectivity index (χ2n) is 8.01. The van der Waals surface area contributed by atoms with Gasteiger partial charge >= 0.3 is 6.09 Å². The summed E-state index contributed by atoms with van der Waals surface area (Å²) in [6, 6.07) is 0. The molecule has 0 spiro atoms. The molecule has 0 unspecified atom stereocenters. The summed E-state index contributed by atoms with van der Waals surface area (Å²) in [5, 5.41) is 5.90. The lowest BCUT2D eigenvalue weighted by molar-refractivity contribution is -0.126. The van der Waals surface area contributed by atoms with Crippen LogP contribution in [0.15, 0.2) is 0 Å². The quantitative estimate of drug-likeness (QED) is 0.806. The van der Waals surface area contributed by atoms with Crippen molar-refractivity contribution in [2.45, 2.75) is 58.5 Å². The molecule has 2 rings (SSSR count). The molecule has 138 valence electrons. The van der Waals surface area contributed by atoms with Crippen molar-refractivity contribution in [1.29, 1.82) is 0 Å². The minimum atomic E-state index is -0.501. The molecule has 1 saturated carbocycles. The lowest BCUT2D eigenvalue weighted by Crippen LogP contribution is -2.41. The Bertz CT molecular complexity index is 427. The summed E-state index contributed by atoms with van der Waals surface area (Å²) >= 11 is 0. The SMILES string of the molecule is CC(C)(C)OC(=O)NC[C@H]1CCC[C@H]1C(=O)NC[C@@H]1CCCOC1. The third-order valence-electron chi connectivity index (χ3n) is 4.72. The summed E-state index contributed by atoms with van der Waals surface area (Å²) in [5.74, 6) is 0.737. The number of carbonyl (C=O) groups is 2. The molecule has 2 N–H and O–H groups in total. The zero-order valence-corrected chi connectivity index (χ0v) is 15.2. The second-order valence-corrected chi connectivity index (χ2v) is 8.01. The van der Waals surface area contributed by atoms with Crippen LogP contribution >= 0.6 is 0 Å². The van der Waals surface area contributed by atoms with Gasteiger partial charge in [-0.15, -0.1) is 0 Å². The monoisotopic (exact) mass is 340 g/mol. The number of hydrogen-bond acceptors (Lipinski definition) is 4. The van der Waals surface area contributed by atoms with E-state index in [1.165, 1.54) is 0 Å². The standard InChI is InChI=1S/C18H32N2O4/c1-18(2,3)24-17(22)20-11-14-7-4-8-15(14)16(21)19-10-13-6-5-9-23-12-13/h13-15H,4-12H2,1-3H3,(H,19,21)(H,20,22)/t13-,14+,15+/m0/s1. The molecule has 2 aliphatic rings. The van der Waals surface area contributed by atoms with Gasteiger partial charge in [0.25, 0.3) is 0 Å². The summed E-state index contributed by atoms with van der Waals surface area (Å²) in [7, 11) is 0. The van der Waals surface area contributed by atoms with Crippen molar-refractivity contribution in [3.8, 4) is 0 Å². The Hall–Kier alpha value is -1.30. The maximum absolute atomic E-state index is 12.5. The van der Waals surface area contributed by atoms with Crippen LogP contribution in [0.3, 0.4) is 0 Å². The smallest absolute Gasteiger partial charge is 0.407 e. The first kappa shape index (κ1) is 19.0. The van der Waals surface area contributed by atoms with Crippen molar-refractivity contribution < 1.29 is 19.1 Å². The minimum absolute atomic E-state index is 0.00977. The Labute approximate surface area is 145 Å². The average Bonchev–Trinajstić information content (AvgIpc) is 2.98. The Morgan fingerprint density at radius 2 is 1.88 bits per heavy atom. The van der Waals surface area contributed by atoms with Crippen molar-refractivity contribution in [3.05, 3.63) is 0 Å². The number of amides is 2. The van der Waals surface area contributed by atoms with Gasteiger partial charge in [-0.05, 0) is 58.3 Å². The molecule has 24 heavy (non-hydrogen) atoms. The number of hydrogen-bond donors (Lipinski definition) is 2. The first-order valence-corrected chi connectivity index (χ1v) is 9.17. The fourth-order valence-corrected chi connectivity index (χ4v) is 3.50. The van der Waals surface area contributed by atoms with Gasteiger partial charge in [0.15, 0.2) is 0 Å². The van der Waals surface area contributed by atoms with E-state index in [0.29, 0.717) is 19.0 Å². The second kappa shape index (κ2) is 8.70. The molecular formula is C18H32N2O4. The summed E-state index contributed by atoms with van der Waals surface area (Å²) in [5.41, 5.74) is -0.501. The van der Waals surface area contributed by atoms with E-state index in [4.69, 9.17) is 9.47 Å². The lowest BCUT2D eigenvalue weighted by Gasteiger charge is -2.25. The van der Waals surface area contributed by atoms with Gasteiger partial charge in [-0.2, -0.15) is 0 Å². The zero-order chi connectivity index (χ0) is 17.6. The van der Waals surface area contributed by atoms with Crippen LogP contribution in [-0.4, -0.2) is 43.9 Å². The van der Waals surface area contributed by atoms with Crippen LogP contribution in [0, 0.1) is 17.8 Å². The predicted octanol–water partition coefficient (Wildman–Crippen LogP) is 2.47. The zero-order valence-electron chi connectivity index (χ0n) is 15.2. The van der Waals surface area contributed by atoms with E-state index in [-0.39, 0.29) is 17.7 Å².